The molecule has 0 aromatic heterocycles. The Kier molecular flexibility index (Phi) is 4.41. The highest BCUT2D eigenvalue weighted by atomic mass is 19.1. The maximum absolute atomic E-state index is 13.9. The van der Waals surface area contributed by atoms with Gasteiger partial charge in [-0.1, -0.05) is 24.3 Å². The van der Waals surface area contributed by atoms with Crippen molar-refractivity contribution < 1.29 is 13.9 Å². The molecule has 3 heteroatoms. The highest BCUT2D eigenvalue weighted by Gasteiger charge is 2.19. The molecule has 1 atom stereocenters. The second kappa shape index (κ2) is 6.08. The molecule has 1 unspecified atom stereocenters. The van der Waals surface area contributed by atoms with Crippen molar-refractivity contribution >= 4 is 5.78 Å². The molecule has 0 aliphatic heterocycles. The Morgan fingerprint density at radius 3 is 2.43 bits per heavy atom. The zero-order valence-corrected chi connectivity index (χ0v) is 12.7. The summed E-state index contributed by atoms with van der Waals surface area (Å²) in [5.74, 6) is -0.462. The summed E-state index contributed by atoms with van der Waals surface area (Å²) in [6.07, 6.45) is -0.733. The monoisotopic (exact) mass is 286 g/mol. The Morgan fingerprint density at radius 1 is 1.05 bits per heavy atom. The van der Waals surface area contributed by atoms with Crippen LogP contribution in [0.1, 0.15) is 34.0 Å². The summed E-state index contributed by atoms with van der Waals surface area (Å²) in [7, 11) is 0. The van der Waals surface area contributed by atoms with E-state index in [-0.39, 0.29) is 11.5 Å². The van der Waals surface area contributed by atoms with Gasteiger partial charge in [-0.25, -0.2) is 4.39 Å². The zero-order chi connectivity index (χ0) is 15.6. The molecular formula is C18H19FO2. The van der Waals surface area contributed by atoms with Crippen LogP contribution in [0.25, 0.3) is 0 Å². The second-order valence-corrected chi connectivity index (χ2v) is 5.31. The molecule has 0 radical (unpaired) electrons. The smallest absolute Gasteiger partial charge is 0.203 e. The molecule has 0 N–H and O–H groups in total. The molecule has 2 aromatic rings. The summed E-state index contributed by atoms with van der Waals surface area (Å²) >= 11 is 0. The fraction of sp³-hybridized carbons (Fsp3) is 0.278. The number of Topliss-reactive ketones (excluding diaryl/α,β-unsaturated/α-hetero) is 1. The standard InChI is InChI=1S/C18H19FO2/c1-11-8-9-15(10-13(11)3)18(20)14(4)21-16-7-5-6-12(2)17(16)19/h5-10,14H,1-4H3. The Morgan fingerprint density at radius 2 is 1.76 bits per heavy atom. The van der Waals surface area contributed by atoms with Crippen molar-refractivity contribution in [3.05, 3.63) is 64.5 Å². The normalized spacial score (nSPS) is 12.0. The van der Waals surface area contributed by atoms with Gasteiger partial charge in [0.25, 0.3) is 0 Å². The minimum Gasteiger partial charge on any atom is -0.479 e. The van der Waals surface area contributed by atoms with Crippen LogP contribution < -0.4 is 4.74 Å². The molecule has 0 fully saturated rings. The Labute approximate surface area is 124 Å². The van der Waals surface area contributed by atoms with Crippen LogP contribution in [-0.2, 0) is 0 Å². The quantitative estimate of drug-likeness (QED) is 0.779. The molecule has 0 aliphatic rings. The number of ketones is 1. The molecule has 2 aromatic carbocycles. The van der Waals surface area contributed by atoms with Crippen molar-refractivity contribution in [2.24, 2.45) is 0 Å². The number of halogens is 1. The van der Waals surface area contributed by atoms with Gasteiger partial charge in [-0.2, -0.15) is 0 Å². The number of carbonyl (C=O) groups is 1. The summed E-state index contributed by atoms with van der Waals surface area (Å²) in [6, 6.07) is 10.4. The maximum Gasteiger partial charge on any atom is 0.203 e. The fourth-order valence-electron chi connectivity index (χ4n) is 2.08. The fourth-order valence-corrected chi connectivity index (χ4v) is 2.08. The lowest BCUT2D eigenvalue weighted by Gasteiger charge is -2.15. The lowest BCUT2D eigenvalue weighted by molar-refractivity contribution is 0.0812. The third-order valence-corrected chi connectivity index (χ3v) is 3.62. The van der Waals surface area contributed by atoms with Gasteiger partial charge in [0.1, 0.15) is 0 Å². The van der Waals surface area contributed by atoms with E-state index < -0.39 is 11.9 Å². The Hall–Kier alpha value is -2.16. The molecule has 0 heterocycles. The van der Waals surface area contributed by atoms with Gasteiger partial charge in [0.05, 0.1) is 0 Å². The van der Waals surface area contributed by atoms with E-state index in [9.17, 15) is 9.18 Å². The molecule has 21 heavy (non-hydrogen) atoms. The summed E-state index contributed by atoms with van der Waals surface area (Å²) < 4.78 is 19.4. The number of hydrogen-bond acceptors (Lipinski definition) is 2. The van der Waals surface area contributed by atoms with Gasteiger partial charge in [0.2, 0.25) is 5.78 Å². The van der Waals surface area contributed by atoms with Crippen molar-refractivity contribution in [1.29, 1.82) is 0 Å². The number of carbonyl (C=O) groups excluding carboxylic acids is 1. The lowest BCUT2D eigenvalue weighted by atomic mass is 10.0. The zero-order valence-electron chi connectivity index (χ0n) is 12.7. The summed E-state index contributed by atoms with van der Waals surface area (Å²) in [4.78, 5) is 12.4. The van der Waals surface area contributed by atoms with Crippen molar-refractivity contribution in [3.8, 4) is 5.75 Å². The predicted molar refractivity (Wildman–Crippen MR) is 81.5 cm³/mol. The largest absolute Gasteiger partial charge is 0.479 e. The summed E-state index contributed by atoms with van der Waals surface area (Å²) in [5, 5.41) is 0. The van der Waals surface area contributed by atoms with Gasteiger partial charge < -0.3 is 4.74 Å². The second-order valence-electron chi connectivity index (χ2n) is 5.31. The van der Waals surface area contributed by atoms with Crippen LogP contribution in [0.4, 0.5) is 4.39 Å². The predicted octanol–water partition coefficient (Wildman–Crippen LogP) is 4.40. The number of rotatable bonds is 4. The SMILES string of the molecule is Cc1ccc(C(=O)C(C)Oc2cccc(C)c2F)cc1C. The third kappa shape index (κ3) is 3.30. The average molecular weight is 286 g/mol. The van der Waals surface area contributed by atoms with Crippen LogP contribution in [0.3, 0.4) is 0 Å². The highest BCUT2D eigenvalue weighted by molar-refractivity contribution is 5.99. The van der Waals surface area contributed by atoms with Gasteiger partial charge in [-0.3, -0.25) is 4.79 Å². The first-order valence-electron chi connectivity index (χ1n) is 6.93. The van der Waals surface area contributed by atoms with Crippen LogP contribution in [0, 0.1) is 26.6 Å². The van der Waals surface area contributed by atoms with Gasteiger partial charge in [-0.05, 0) is 56.5 Å². The van der Waals surface area contributed by atoms with E-state index in [2.05, 4.69) is 0 Å². The minimum atomic E-state index is -0.733. The first kappa shape index (κ1) is 15.2. The van der Waals surface area contributed by atoms with Crippen molar-refractivity contribution in [2.45, 2.75) is 33.8 Å². The Bertz CT molecular complexity index is 677. The van der Waals surface area contributed by atoms with E-state index in [4.69, 9.17) is 4.74 Å². The molecule has 0 bridgehead atoms. The number of hydrogen-bond donors (Lipinski definition) is 0. The van der Waals surface area contributed by atoms with Crippen molar-refractivity contribution in [2.75, 3.05) is 0 Å². The molecule has 0 saturated carbocycles. The number of benzene rings is 2. The van der Waals surface area contributed by atoms with Gasteiger partial charge in [0, 0.05) is 5.56 Å². The van der Waals surface area contributed by atoms with E-state index in [0.29, 0.717) is 11.1 Å². The van der Waals surface area contributed by atoms with Crippen LogP contribution in [-0.4, -0.2) is 11.9 Å². The van der Waals surface area contributed by atoms with Crippen LogP contribution in [0.15, 0.2) is 36.4 Å². The van der Waals surface area contributed by atoms with E-state index in [0.717, 1.165) is 11.1 Å². The van der Waals surface area contributed by atoms with Crippen LogP contribution in [0.5, 0.6) is 5.75 Å². The molecule has 0 aliphatic carbocycles. The first-order chi connectivity index (χ1) is 9.90. The highest BCUT2D eigenvalue weighted by Crippen LogP contribution is 2.22. The molecule has 110 valence electrons. The van der Waals surface area contributed by atoms with E-state index in [1.54, 1.807) is 32.0 Å². The summed E-state index contributed by atoms with van der Waals surface area (Å²) in [5.41, 5.74) is 3.26. The van der Waals surface area contributed by atoms with E-state index in [1.807, 2.05) is 26.0 Å². The molecule has 0 saturated heterocycles. The van der Waals surface area contributed by atoms with Crippen LogP contribution in [0.2, 0.25) is 0 Å². The van der Waals surface area contributed by atoms with Crippen LogP contribution >= 0.6 is 0 Å². The topological polar surface area (TPSA) is 26.3 Å². The maximum atomic E-state index is 13.9. The van der Waals surface area contributed by atoms with E-state index >= 15 is 0 Å². The number of ether oxygens (including phenoxy) is 1. The van der Waals surface area contributed by atoms with Crippen molar-refractivity contribution in [1.82, 2.24) is 0 Å². The average Bonchev–Trinajstić information content (AvgIpc) is 2.46. The lowest BCUT2D eigenvalue weighted by Crippen LogP contribution is -2.24. The molecule has 0 amide bonds. The van der Waals surface area contributed by atoms with Gasteiger partial charge in [0.15, 0.2) is 17.7 Å². The van der Waals surface area contributed by atoms with Gasteiger partial charge in [-0.15, -0.1) is 0 Å². The molecule has 2 rings (SSSR count). The van der Waals surface area contributed by atoms with Crippen molar-refractivity contribution in [3.63, 3.8) is 0 Å². The number of aryl methyl sites for hydroxylation is 3. The molecular weight excluding hydrogens is 267 g/mol. The summed E-state index contributed by atoms with van der Waals surface area (Å²) in [6.45, 7) is 7.25. The van der Waals surface area contributed by atoms with E-state index in [1.165, 1.54) is 6.07 Å². The van der Waals surface area contributed by atoms with Gasteiger partial charge >= 0.3 is 0 Å². The third-order valence-electron chi connectivity index (χ3n) is 3.62. The minimum absolute atomic E-state index is 0.111. The Balaban J connectivity index is 2.19. The molecule has 0 spiro atoms. The first-order valence-corrected chi connectivity index (χ1v) is 6.93. The molecule has 2 nitrogen and oxygen atoms in total.